The molecule has 5 nitrogen and oxygen atoms in total. The second-order valence-electron chi connectivity index (χ2n) is 3.65. The Morgan fingerprint density at radius 3 is 2.62 bits per heavy atom. The molecule has 3 N–H and O–H groups in total. The number of aromatic nitrogens is 1. The molecule has 1 fully saturated rings. The number of nitrogens with two attached hydrogens (primary N) is 1. The Morgan fingerprint density at radius 2 is 2.12 bits per heavy atom. The molecule has 1 aromatic heterocycles. The molecule has 0 aliphatic carbocycles. The van der Waals surface area contributed by atoms with Gasteiger partial charge in [-0.05, 0) is 12.1 Å². The lowest BCUT2D eigenvalue weighted by Gasteiger charge is -2.27. The Bertz CT molecular complexity index is 407. The van der Waals surface area contributed by atoms with Crippen LogP contribution in [-0.4, -0.2) is 39.6 Å². The molecule has 2 rings (SSSR count). The molecule has 1 aliphatic rings. The lowest BCUT2D eigenvalue weighted by atomic mass is 10.2. The quantitative estimate of drug-likeness (QED) is 0.558. The van der Waals surface area contributed by atoms with E-state index in [1.165, 1.54) is 0 Å². The van der Waals surface area contributed by atoms with Crippen molar-refractivity contribution in [1.29, 1.82) is 5.41 Å². The molecule has 2 heterocycles. The molecule has 86 valence electrons. The fraction of sp³-hybridized carbons (Fsp3) is 0.400. The van der Waals surface area contributed by atoms with Crippen LogP contribution < -0.4 is 10.6 Å². The molecule has 0 aromatic carbocycles. The summed E-state index contributed by atoms with van der Waals surface area (Å²) < 4.78 is 11.2. The first-order valence-electron chi connectivity index (χ1n) is 5.07. The summed E-state index contributed by atoms with van der Waals surface area (Å²) in [5.41, 5.74) is 5.98. The number of nitrogens with one attached hydrogen (secondary N) is 1. The van der Waals surface area contributed by atoms with Crippen molar-refractivity contribution in [2.24, 2.45) is 5.73 Å². The second kappa shape index (κ2) is 4.61. The fourth-order valence-electron chi connectivity index (χ4n) is 1.60. The Labute approximate surface area is 96.6 Å². The lowest BCUT2D eigenvalue weighted by Crippen LogP contribution is -2.38. The van der Waals surface area contributed by atoms with Gasteiger partial charge in [0.1, 0.15) is 11.7 Å². The standard InChI is InChI=1S/C10H14N4OS/c11-10(12)8-1-2-9(13-7-8)14-3-5-16(15)6-4-14/h1-2,7H,3-6H2,(H3,11,12). The topological polar surface area (TPSA) is 83.1 Å². The van der Waals surface area contributed by atoms with Crippen LogP contribution in [0.1, 0.15) is 5.56 Å². The highest BCUT2D eigenvalue weighted by Gasteiger charge is 2.16. The molecule has 6 heteroatoms. The monoisotopic (exact) mass is 238 g/mol. The van der Waals surface area contributed by atoms with Gasteiger partial charge in [0.25, 0.3) is 0 Å². The number of hydrogen-bond donors (Lipinski definition) is 2. The van der Waals surface area contributed by atoms with Gasteiger partial charge in [-0.15, -0.1) is 0 Å². The molecular formula is C10H14N4OS. The Hall–Kier alpha value is -1.43. The molecule has 0 unspecified atom stereocenters. The number of pyridine rings is 1. The molecule has 16 heavy (non-hydrogen) atoms. The highest BCUT2D eigenvalue weighted by atomic mass is 32.2. The van der Waals surface area contributed by atoms with Gasteiger partial charge in [0.2, 0.25) is 0 Å². The average Bonchev–Trinajstić information content (AvgIpc) is 2.30. The van der Waals surface area contributed by atoms with Crippen LogP contribution >= 0.6 is 0 Å². The van der Waals surface area contributed by atoms with Crippen LogP contribution in [0.2, 0.25) is 0 Å². The predicted molar refractivity (Wildman–Crippen MR) is 65.3 cm³/mol. The third-order valence-electron chi connectivity index (χ3n) is 2.56. The summed E-state index contributed by atoms with van der Waals surface area (Å²) in [7, 11) is -0.670. The first kappa shape index (κ1) is 11.1. The van der Waals surface area contributed by atoms with E-state index in [4.69, 9.17) is 11.1 Å². The van der Waals surface area contributed by atoms with Gasteiger partial charge in [-0.2, -0.15) is 0 Å². The van der Waals surface area contributed by atoms with E-state index in [1.54, 1.807) is 12.3 Å². The van der Waals surface area contributed by atoms with Crippen LogP contribution in [0.5, 0.6) is 0 Å². The molecule has 1 aliphatic heterocycles. The van der Waals surface area contributed by atoms with Crippen LogP contribution in [0, 0.1) is 5.41 Å². The summed E-state index contributed by atoms with van der Waals surface area (Å²) in [5.74, 6) is 2.30. The van der Waals surface area contributed by atoms with E-state index in [0.29, 0.717) is 17.1 Å². The first-order valence-corrected chi connectivity index (χ1v) is 6.56. The third-order valence-corrected chi connectivity index (χ3v) is 3.84. The van der Waals surface area contributed by atoms with Gasteiger partial charge in [-0.1, -0.05) is 0 Å². The van der Waals surface area contributed by atoms with Crippen molar-refractivity contribution >= 4 is 22.5 Å². The lowest BCUT2D eigenvalue weighted by molar-refractivity contribution is 0.672. The molecule has 1 saturated heterocycles. The summed E-state index contributed by atoms with van der Waals surface area (Å²) in [4.78, 5) is 6.36. The number of nitrogen functional groups attached to an aromatic ring is 1. The van der Waals surface area contributed by atoms with Crippen LogP contribution in [0.4, 0.5) is 5.82 Å². The van der Waals surface area contributed by atoms with E-state index in [-0.39, 0.29) is 5.84 Å². The summed E-state index contributed by atoms with van der Waals surface area (Å²) in [5, 5.41) is 7.26. The Kier molecular flexibility index (Phi) is 3.19. The van der Waals surface area contributed by atoms with Gasteiger partial charge in [-0.25, -0.2) is 4.98 Å². The van der Waals surface area contributed by atoms with Gasteiger partial charge >= 0.3 is 0 Å². The minimum atomic E-state index is -0.670. The van der Waals surface area contributed by atoms with Crippen LogP contribution in [0.15, 0.2) is 18.3 Å². The van der Waals surface area contributed by atoms with Gasteiger partial charge in [-0.3, -0.25) is 9.62 Å². The molecule has 0 saturated carbocycles. The summed E-state index contributed by atoms with van der Waals surface area (Å²) >= 11 is 0. The van der Waals surface area contributed by atoms with Crippen molar-refractivity contribution in [3.05, 3.63) is 23.9 Å². The van der Waals surface area contributed by atoms with Gasteiger partial charge in [0, 0.05) is 47.2 Å². The highest BCUT2D eigenvalue weighted by Crippen LogP contribution is 2.13. The van der Waals surface area contributed by atoms with Gasteiger partial charge in [0.05, 0.1) is 0 Å². The first-order chi connectivity index (χ1) is 7.66. The summed E-state index contributed by atoms with van der Waals surface area (Å²) in [6.45, 7) is 1.55. The SMILES string of the molecule is N=C(N)c1ccc(N2CCS(=O)CC2)nc1. The van der Waals surface area contributed by atoms with Crippen molar-refractivity contribution in [2.45, 2.75) is 0 Å². The molecular weight excluding hydrogens is 224 g/mol. The Morgan fingerprint density at radius 1 is 1.44 bits per heavy atom. The van der Waals surface area contributed by atoms with Crippen LogP contribution in [0.25, 0.3) is 0 Å². The average molecular weight is 238 g/mol. The smallest absolute Gasteiger partial charge is 0.128 e. The molecule has 0 atom stereocenters. The number of amidine groups is 1. The minimum Gasteiger partial charge on any atom is -0.384 e. The van der Waals surface area contributed by atoms with Crippen molar-refractivity contribution in [2.75, 3.05) is 29.5 Å². The van der Waals surface area contributed by atoms with Crippen molar-refractivity contribution in [1.82, 2.24) is 4.98 Å². The fourth-order valence-corrected chi connectivity index (χ4v) is 2.65. The van der Waals surface area contributed by atoms with E-state index in [1.807, 2.05) is 6.07 Å². The van der Waals surface area contributed by atoms with Gasteiger partial charge < -0.3 is 10.6 Å². The zero-order valence-corrected chi connectivity index (χ0v) is 9.67. The number of hydrogen-bond acceptors (Lipinski definition) is 4. The van der Waals surface area contributed by atoms with E-state index in [9.17, 15) is 4.21 Å². The number of anilines is 1. The number of nitrogens with zero attached hydrogens (tertiary/aromatic N) is 2. The van der Waals surface area contributed by atoms with Crippen LogP contribution in [-0.2, 0) is 10.8 Å². The Balaban J connectivity index is 2.10. The normalized spacial score (nSPS) is 17.4. The van der Waals surface area contributed by atoms with Gasteiger partial charge in [0.15, 0.2) is 0 Å². The summed E-state index contributed by atoms with van der Waals surface area (Å²) in [6, 6.07) is 3.64. The van der Waals surface area contributed by atoms with E-state index in [2.05, 4.69) is 9.88 Å². The zero-order valence-electron chi connectivity index (χ0n) is 8.85. The van der Waals surface area contributed by atoms with E-state index < -0.39 is 10.8 Å². The highest BCUT2D eigenvalue weighted by molar-refractivity contribution is 7.85. The van der Waals surface area contributed by atoms with Crippen molar-refractivity contribution in [3.63, 3.8) is 0 Å². The van der Waals surface area contributed by atoms with Crippen molar-refractivity contribution < 1.29 is 4.21 Å². The predicted octanol–water partition coefficient (Wildman–Crippen LogP) is -0.0656. The maximum absolute atomic E-state index is 11.2. The van der Waals surface area contributed by atoms with Crippen molar-refractivity contribution in [3.8, 4) is 0 Å². The molecule has 1 aromatic rings. The molecule has 0 radical (unpaired) electrons. The molecule has 0 amide bonds. The second-order valence-corrected chi connectivity index (χ2v) is 5.35. The zero-order chi connectivity index (χ0) is 11.5. The molecule has 0 bridgehead atoms. The minimum absolute atomic E-state index is 0.0267. The van der Waals surface area contributed by atoms with E-state index in [0.717, 1.165) is 18.9 Å². The van der Waals surface area contributed by atoms with Crippen LogP contribution in [0.3, 0.4) is 0 Å². The summed E-state index contributed by atoms with van der Waals surface area (Å²) in [6.07, 6.45) is 1.60. The maximum Gasteiger partial charge on any atom is 0.128 e. The maximum atomic E-state index is 11.2. The van der Waals surface area contributed by atoms with E-state index >= 15 is 0 Å². The largest absolute Gasteiger partial charge is 0.384 e. The third kappa shape index (κ3) is 2.38. The molecule has 0 spiro atoms. The number of rotatable bonds is 2.